The van der Waals surface area contributed by atoms with Gasteiger partial charge in [0, 0.05) is 0 Å². The van der Waals surface area contributed by atoms with Gasteiger partial charge < -0.3 is 9.29 Å². The number of hydrogen-bond acceptors (Lipinski definition) is 4. The number of hydrogen-bond donors (Lipinski definition) is 0. The monoisotopic (exact) mass is 353 g/mol. The van der Waals surface area contributed by atoms with Gasteiger partial charge in [0.2, 0.25) is 0 Å². The zero-order chi connectivity index (χ0) is 17.4. The van der Waals surface area contributed by atoms with Gasteiger partial charge in [-0.05, 0) is 18.2 Å². The molecule has 0 atom stereocenters. The number of halogens is 5. The molecule has 0 radical (unpaired) electrons. The molecule has 0 bridgehead atoms. The topological polar surface area (TPSA) is 66.4 Å². The van der Waals surface area contributed by atoms with Crippen LogP contribution in [0.15, 0.2) is 41.3 Å². The molecule has 4 nitrogen and oxygen atoms in total. The lowest BCUT2D eigenvalue weighted by Gasteiger charge is -2.18. The van der Waals surface area contributed by atoms with Crippen LogP contribution in [-0.4, -0.2) is 13.0 Å². The van der Waals surface area contributed by atoms with E-state index in [1.807, 2.05) is 0 Å². The summed E-state index contributed by atoms with van der Waals surface area (Å²) in [5.74, 6) is -6.31. The molecule has 0 aromatic heterocycles. The molecule has 0 unspecified atom stereocenters. The van der Waals surface area contributed by atoms with Gasteiger partial charge in [-0.1, -0.05) is 18.2 Å². The molecule has 0 aliphatic rings. The molecule has 2 aromatic rings. The second kappa shape index (κ2) is 5.78. The summed E-state index contributed by atoms with van der Waals surface area (Å²) in [7, 11) is -5.48. The van der Waals surface area contributed by atoms with Crippen molar-refractivity contribution in [1.29, 1.82) is 0 Å². The van der Waals surface area contributed by atoms with Crippen molar-refractivity contribution in [2.45, 2.75) is 11.1 Å². The van der Waals surface area contributed by atoms with Crippen molar-refractivity contribution < 1.29 is 39.7 Å². The van der Waals surface area contributed by atoms with Gasteiger partial charge in [-0.3, -0.25) is 0 Å². The molecule has 0 N–H and O–H groups in total. The maximum atomic E-state index is 14.0. The molecular formula is C13H6F5O4S-. The Labute approximate surface area is 126 Å². The molecule has 2 rings (SSSR count). The minimum absolute atomic E-state index is 0.216. The summed E-state index contributed by atoms with van der Waals surface area (Å²) in [4.78, 5) is -1.57. The third-order valence-corrected chi connectivity index (χ3v) is 3.50. The summed E-state index contributed by atoms with van der Waals surface area (Å²) < 4.78 is 103. The Morgan fingerprint density at radius 2 is 1.61 bits per heavy atom. The average molecular weight is 353 g/mol. The predicted molar refractivity (Wildman–Crippen MR) is 65.8 cm³/mol. The Kier molecular flexibility index (Phi) is 4.31. The molecule has 0 amide bonds. The van der Waals surface area contributed by atoms with E-state index in [1.54, 1.807) is 0 Å². The lowest BCUT2D eigenvalue weighted by atomic mass is 10.1. The van der Waals surface area contributed by atoms with E-state index in [2.05, 4.69) is 0 Å². The molecule has 0 spiro atoms. The summed E-state index contributed by atoms with van der Waals surface area (Å²) in [6, 6.07) is 6.38. The number of rotatable bonds is 3. The summed E-state index contributed by atoms with van der Waals surface area (Å²) in [5.41, 5.74) is -2.35. The standard InChI is InChI=1S/C13H7F5O4S/c14-8-6-9(23(19,20)21)12(11(15)10(8)13(16,17)18)22-7-4-2-1-3-5-7/h1-6H,(H,19,20,21)/p-1. The van der Waals surface area contributed by atoms with Crippen LogP contribution < -0.4 is 4.74 Å². The highest BCUT2D eigenvalue weighted by atomic mass is 32.2. The zero-order valence-electron chi connectivity index (χ0n) is 10.9. The molecule has 0 saturated heterocycles. The molecular weight excluding hydrogens is 347 g/mol. The fourth-order valence-electron chi connectivity index (χ4n) is 1.73. The van der Waals surface area contributed by atoms with Crippen LogP contribution in [0.5, 0.6) is 11.5 Å². The SMILES string of the molecule is O=S(=O)([O-])c1cc(F)c(C(F)(F)F)c(F)c1Oc1ccccc1. The molecule has 0 saturated carbocycles. The summed E-state index contributed by atoms with van der Waals surface area (Å²) in [6.45, 7) is 0. The average Bonchev–Trinajstić information content (AvgIpc) is 2.40. The van der Waals surface area contributed by atoms with Gasteiger partial charge in [0.15, 0.2) is 11.6 Å². The van der Waals surface area contributed by atoms with Crippen LogP contribution in [0.3, 0.4) is 0 Å². The third-order valence-electron chi connectivity index (χ3n) is 2.66. The summed E-state index contributed by atoms with van der Waals surface area (Å²) in [5, 5.41) is 0. The number of ether oxygens (including phenoxy) is 1. The van der Waals surface area contributed by atoms with Crippen molar-refractivity contribution in [2.24, 2.45) is 0 Å². The van der Waals surface area contributed by atoms with Crippen molar-refractivity contribution >= 4 is 10.1 Å². The van der Waals surface area contributed by atoms with E-state index in [1.165, 1.54) is 30.3 Å². The molecule has 0 aliphatic heterocycles. The molecule has 0 fully saturated rings. The lowest BCUT2D eigenvalue weighted by Crippen LogP contribution is -2.15. The highest BCUT2D eigenvalue weighted by Crippen LogP contribution is 2.41. The van der Waals surface area contributed by atoms with Gasteiger partial charge in [0.25, 0.3) is 0 Å². The van der Waals surface area contributed by atoms with Gasteiger partial charge in [0.1, 0.15) is 32.1 Å². The maximum Gasteiger partial charge on any atom is 0.422 e. The van der Waals surface area contributed by atoms with Crippen molar-refractivity contribution in [3.05, 3.63) is 53.6 Å². The quantitative estimate of drug-likeness (QED) is 0.624. The summed E-state index contributed by atoms with van der Waals surface area (Å²) in [6.07, 6.45) is -5.45. The van der Waals surface area contributed by atoms with Crippen molar-refractivity contribution in [2.75, 3.05) is 0 Å². The normalized spacial score (nSPS) is 12.3. The van der Waals surface area contributed by atoms with E-state index in [4.69, 9.17) is 4.74 Å². The third kappa shape index (κ3) is 3.59. The van der Waals surface area contributed by atoms with Crippen LogP contribution >= 0.6 is 0 Å². The van der Waals surface area contributed by atoms with E-state index < -0.39 is 44.1 Å². The first kappa shape index (κ1) is 17.2. The maximum absolute atomic E-state index is 14.0. The summed E-state index contributed by atoms with van der Waals surface area (Å²) >= 11 is 0. The van der Waals surface area contributed by atoms with Gasteiger partial charge in [-0.25, -0.2) is 17.2 Å². The van der Waals surface area contributed by atoms with E-state index in [-0.39, 0.29) is 11.8 Å². The van der Waals surface area contributed by atoms with E-state index in [0.29, 0.717) is 0 Å². The number of alkyl halides is 3. The van der Waals surface area contributed by atoms with Gasteiger partial charge in [-0.2, -0.15) is 13.2 Å². The van der Waals surface area contributed by atoms with Crippen LogP contribution in [-0.2, 0) is 16.3 Å². The van der Waals surface area contributed by atoms with E-state index in [9.17, 15) is 34.9 Å². The molecule has 23 heavy (non-hydrogen) atoms. The predicted octanol–water partition coefficient (Wildman–Crippen LogP) is 3.68. The second-order valence-electron chi connectivity index (χ2n) is 4.24. The Morgan fingerprint density at radius 1 is 1.04 bits per heavy atom. The molecule has 0 aliphatic carbocycles. The van der Waals surface area contributed by atoms with Crippen molar-refractivity contribution in [1.82, 2.24) is 0 Å². The fraction of sp³-hybridized carbons (Fsp3) is 0.0769. The zero-order valence-corrected chi connectivity index (χ0v) is 11.7. The molecule has 124 valence electrons. The minimum atomic E-state index is -5.48. The van der Waals surface area contributed by atoms with Crippen LogP contribution in [0.25, 0.3) is 0 Å². The lowest BCUT2D eigenvalue weighted by molar-refractivity contribution is -0.142. The largest absolute Gasteiger partial charge is 0.744 e. The Morgan fingerprint density at radius 3 is 2.09 bits per heavy atom. The highest BCUT2D eigenvalue weighted by molar-refractivity contribution is 7.85. The first-order valence-electron chi connectivity index (χ1n) is 5.80. The van der Waals surface area contributed by atoms with Gasteiger partial charge in [-0.15, -0.1) is 0 Å². The molecule has 2 aromatic carbocycles. The Hall–Kier alpha value is -2.20. The van der Waals surface area contributed by atoms with Crippen LogP contribution in [0, 0.1) is 11.6 Å². The van der Waals surface area contributed by atoms with Crippen LogP contribution in [0.2, 0.25) is 0 Å². The Bertz CT molecular complexity index is 832. The van der Waals surface area contributed by atoms with Gasteiger partial charge >= 0.3 is 6.18 Å². The van der Waals surface area contributed by atoms with E-state index in [0.717, 1.165) is 0 Å². The fourth-order valence-corrected chi connectivity index (χ4v) is 2.33. The first-order chi connectivity index (χ1) is 10.5. The minimum Gasteiger partial charge on any atom is -0.744 e. The van der Waals surface area contributed by atoms with E-state index >= 15 is 0 Å². The first-order valence-corrected chi connectivity index (χ1v) is 7.20. The van der Waals surface area contributed by atoms with Gasteiger partial charge in [0.05, 0.1) is 0 Å². The van der Waals surface area contributed by atoms with Crippen LogP contribution in [0.4, 0.5) is 22.0 Å². The van der Waals surface area contributed by atoms with Crippen LogP contribution in [0.1, 0.15) is 5.56 Å². The number of para-hydroxylation sites is 1. The van der Waals surface area contributed by atoms with Crippen molar-refractivity contribution in [3.63, 3.8) is 0 Å². The smallest absolute Gasteiger partial charge is 0.422 e. The second-order valence-corrected chi connectivity index (χ2v) is 5.59. The molecule has 10 heteroatoms. The Balaban J connectivity index is 2.75. The highest BCUT2D eigenvalue weighted by Gasteiger charge is 2.41. The molecule has 0 heterocycles. The number of benzene rings is 2. The van der Waals surface area contributed by atoms with Crippen molar-refractivity contribution in [3.8, 4) is 11.5 Å².